The fraction of sp³-hybridized carbons (Fsp3) is 0.167. The molecule has 1 fully saturated rings. The summed E-state index contributed by atoms with van der Waals surface area (Å²) in [7, 11) is 1.50. The Morgan fingerprint density at radius 1 is 1.37 bits per heavy atom. The lowest BCUT2D eigenvalue weighted by Gasteiger charge is -2.13. The standard InChI is InChI=1S/C18H14ClFN2O3S2/c1-24-15-6-5-11(8-21-22-17(23)10-27-18(22)26)7-16(15)25-9-12-13(19)3-2-4-14(12)20/h2-8H,9-10H2,1H3/b21-8+. The second-order valence-corrected chi connectivity index (χ2v) is 7.42. The van der Waals surface area contributed by atoms with Gasteiger partial charge < -0.3 is 9.47 Å². The number of nitrogens with zero attached hydrogens (tertiary/aromatic N) is 2. The van der Waals surface area contributed by atoms with Crippen molar-refractivity contribution in [3.05, 3.63) is 58.4 Å². The summed E-state index contributed by atoms with van der Waals surface area (Å²) in [5, 5.41) is 5.58. The van der Waals surface area contributed by atoms with Gasteiger partial charge in [-0.3, -0.25) is 4.79 Å². The zero-order valence-electron chi connectivity index (χ0n) is 14.1. The van der Waals surface area contributed by atoms with Crippen LogP contribution in [0.25, 0.3) is 0 Å². The molecule has 0 atom stereocenters. The van der Waals surface area contributed by atoms with Crippen LogP contribution in [0.2, 0.25) is 5.02 Å². The van der Waals surface area contributed by atoms with E-state index in [0.717, 1.165) is 0 Å². The van der Waals surface area contributed by atoms with Crippen molar-refractivity contribution in [2.24, 2.45) is 5.10 Å². The largest absolute Gasteiger partial charge is 0.493 e. The molecule has 5 nitrogen and oxygen atoms in total. The second-order valence-electron chi connectivity index (χ2n) is 5.40. The Labute approximate surface area is 170 Å². The van der Waals surface area contributed by atoms with Gasteiger partial charge >= 0.3 is 0 Å². The molecular formula is C18H14ClFN2O3S2. The van der Waals surface area contributed by atoms with E-state index in [-0.39, 0.29) is 28.9 Å². The lowest BCUT2D eigenvalue weighted by molar-refractivity contribution is -0.123. The first-order valence-corrected chi connectivity index (χ1v) is 9.54. The number of carbonyl (C=O) groups is 1. The Hall–Kier alpha value is -2.16. The topological polar surface area (TPSA) is 51.1 Å². The maximum atomic E-state index is 13.9. The Morgan fingerprint density at radius 3 is 2.85 bits per heavy atom. The predicted molar refractivity (Wildman–Crippen MR) is 108 cm³/mol. The van der Waals surface area contributed by atoms with E-state index in [1.54, 1.807) is 24.3 Å². The molecule has 0 aliphatic carbocycles. The predicted octanol–water partition coefficient (Wildman–Crippen LogP) is 4.26. The molecule has 1 saturated heterocycles. The highest BCUT2D eigenvalue weighted by Crippen LogP contribution is 2.30. The van der Waals surface area contributed by atoms with Crippen LogP contribution in [0, 0.1) is 5.82 Å². The van der Waals surface area contributed by atoms with E-state index in [0.29, 0.717) is 21.4 Å². The van der Waals surface area contributed by atoms with Crippen LogP contribution in [0.15, 0.2) is 41.5 Å². The van der Waals surface area contributed by atoms with E-state index >= 15 is 0 Å². The van der Waals surface area contributed by atoms with Gasteiger partial charge in [0.25, 0.3) is 5.91 Å². The minimum atomic E-state index is -0.447. The van der Waals surface area contributed by atoms with Gasteiger partial charge in [0, 0.05) is 5.56 Å². The molecule has 2 aromatic carbocycles. The second kappa shape index (κ2) is 8.69. The van der Waals surface area contributed by atoms with Crippen LogP contribution in [0.4, 0.5) is 4.39 Å². The van der Waals surface area contributed by atoms with Crippen LogP contribution in [0.1, 0.15) is 11.1 Å². The Balaban J connectivity index is 1.79. The van der Waals surface area contributed by atoms with Gasteiger partial charge in [-0.15, -0.1) is 0 Å². The number of methoxy groups -OCH3 is 1. The molecule has 0 radical (unpaired) electrons. The average molecular weight is 425 g/mol. The zero-order chi connectivity index (χ0) is 19.4. The fourth-order valence-corrected chi connectivity index (χ4v) is 3.47. The average Bonchev–Trinajstić information content (AvgIpc) is 2.97. The summed E-state index contributed by atoms with van der Waals surface area (Å²) in [6.07, 6.45) is 1.50. The maximum Gasteiger partial charge on any atom is 0.259 e. The summed E-state index contributed by atoms with van der Waals surface area (Å²) in [6.45, 7) is -0.0617. The molecule has 140 valence electrons. The lowest BCUT2D eigenvalue weighted by Crippen LogP contribution is -2.22. The quantitative estimate of drug-likeness (QED) is 0.512. The first-order valence-electron chi connectivity index (χ1n) is 7.77. The molecule has 3 rings (SSSR count). The number of hydrogen-bond donors (Lipinski definition) is 0. The zero-order valence-corrected chi connectivity index (χ0v) is 16.5. The van der Waals surface area contributed by atoms with Crippen LogP contribution in [-0.4, -0.2) is 34.3 Å². The Morgan fingerprint density at radius 2 is 2.19 bits per heavy atom. The van der Waals surface area contributed by atoms with Crippen LogP contribution in [0.3, 0.4) is 0 Å². The number of ether oxygens (including phenoxy) is 2. The number of benzene rings is 2. The molecule has 0 spiro atoms. The highest BCUT2D eigenvalue weighted by molar-refractivity contribution is 8.23. The molecule has 0 unspecified atom stereocenters. The van der Waals surface area contributed by atoms with Crippen molar-refractivity contribution in [3.63, 3.8) is 0 Å². The van der Waals surface area contributed by atoms with E-state index in [4.69, 9.17) is 33.3 Å². The highest BCUT2D eigenvalue weighted by atomic mass is 35.5. The number of amides is 1. The summed E-state index contributed by atoms with van der Waals surface area (Å²) < 4.78 is 25.3. The number of halogens is 2. The highest BCUT2D eigenvalue weighted by Gasteiger charge is 2.26. The molecule has 0 aromatic heterocycles. The molecule has 27 heavy (non-hydrogen) atoms. The van der Waals surface area contributed by atoms with Gasteiger partial charge in [-0.25, -0.2) is 4.39 Å². The van der Waals surface area contributed by atoms with Gasteiger partial charge in [-0.1, -0.05) is 41.6 Å². The molecule has 0 saturated carbocycles. The van der Waals surface area contributed by atoms with Gasteiger partial charge in [0.05, 0.1) is 24.1 Å². The summed E-state index contributed by atoms with van der Waals surface area (Å²) in [4.78, 5) is 11.7. The van der Waals surface area contributed by atoms with Crippen molar-refractivity contribution in [2.75, 3.05) is 12.9 Å². The number of hydrogen-bond acceptors (Lipinski definition) is 6. The van der Waals surface area contributed by atoms with E-state index < -0.39 is 5.82 Å². The maximum absolute atomic E-state index is 13.9. The third-order valence-electron chi connectivity index (χ3n) is 3.67. The van der Waals surface area contributed by atoms with Crippen molar-refractivity contribution >= 4 is 52.0 Å². The van der Waals surface area contributed by atoms with E-state index in [1.165, 1.54) is 42.2 Å². The summed E-state index contributed by atoms with van der Waals surface area (Å²) in [5.41, 5.74) is 0.920. The minimum absolute atomic E-state index is 0.0617. The van der Waals surface area contributed by atoms with Gasteiger partial charge in [0.1, 0.15) is 12.4 Å². The number of thiocarbonyl (C=S) groups is 1. The normalized spacial score (nSPS) is 14.3. The number of rotatable bonds is 6. The summed E-state index contributed by atoms with van der Waals surface area (Å²) in [6, 6.07) is 9.56. The third kappa shape index (κ3) is 4.58. The van der Waals surface area contributed by atoms with E-state index in [1.807, 2.05) is 0 Å². The van der Waals surface area contributed by atoms with Crippen LogP contribution < -0.4 is 9.47 Å². The van der Waals surface area contributed by atoms with Crippen LogP contribution in [-0.2, 0) is 11.4 Å². The number of hydrazone groups is 1. The molecule has 2 aromatic rings. The first kappa shape index (κ1) is 19.6. The van der Waals surface area contributed by atoms with E-state index in [2.05, 4.69) is 5.10 Å². The number of thioether (sulfide) groups is 1. The molecular weight excluding hydrogens is 411 g/mol. The van der Waals surface area contributed by atoms with E-state index in [9.17, 15) is 9.18 Å². The third-order valence-corrected chi connectivity index (χ3v) is 5.36. The Bertz CT molecular complexity index is 887. The van der Waals surface area contributed by atoms with Crippen molar-refractivity contribution in [2.45, 2.75) is 6.61 Å². The van der Waals surface area contributed by atoms with Gasteiger partial charge in [-0.2, -0.15) is 10.1 Å². The van der Waals surface area contributed by atoms with Crippen molar-refractivity contribution < 1.29 is 18.7 Å². The first-order chi connectivity index (χ1) is 13.0. The molecule has 0 bridgehead atoms. The van der Waals surface area contributed by atoms with Crippen LogP contribution in [0.5, 0.6) is 11.5 Å². The molecule has 1 aliphatic rings. The molecule has 9 heteroatoms. The molecule has 1 amide bonds. The van der Waals surface area contributed by atoms with Gasteiger partial charge in [0.15, 0.2) is 15.8 Å². The fourth-order valence-electron chi connectivity index (χ4n) is 2.29. The molecule has 1 aliphatic heterocycles. The molecule has 1 heterocycles. The smallest absolute Gasteiger partial charge is 0.259 e. The van der Waals surface area contributed by atoms with Gasteiger partial charge in [-0.05, 0) is 35.9 Å². The summed E-state index contributed by atoms with van der Waals surface area (Å²) >= 11 is 12.4. The lowest BCUT2D eigenvalue weighted by atomic mass is 10.2. The SMILES string of the molecule is COc1ccc(/C=N/N2C(=O)CSC2=S)cc1OCc1c(F)cccc1Cl. The van der Waals surface area contributed by atoms with Gasteiger partial charge in [0.2, 0.25) is 0 Å². The van der Waals surface area contributed by atoms with Crippen molar-refractivity contribution in [1.82, 2.24) is 5.01 Å². The minimum Gasteiger partial charge on any atom is -0.493 e. The van der Waals surface area contributed by atoms with Crippen molar-refractivity contribution in [3.8, 4) is 11.5 Å². The Kier molecular flexibility index (Phi) is 6.30. The molecule has 0 N–H and O–H groups in total. The number of carbonyl (C=O) groups excluding carboxylic acids is 1. The monoisotopic (exact) mass is 424 g/mol. The summed E-state index contributed by atoms with van der Waals surface area (Å²) in [5.74, 6) is 0.544. The van der Waals surface area contributed by atoms with Crippen molar-refractivity contribution in [1.29, 1.82) is 0 Å². The van der Waals surface area contributed by atoms with Crippen LogP contribution >= 0.6 is 35.6 Å².